The highest BCUT2D eigenvalue weighted by molar-refractivity contribution is 5.17. The fraction of sp³-hybridized carbons (Fsp3) is 0.565. The molecule has 0 N–H and O–H groups in total. The Morgan fingerprint density at radius 1 is 0.519 bits per heavy atom. The van der Waals surface area contributed by atoms with E-state index >= 15 is 0 Å². The van der Waals surface area contributed by atoms with Crippen LogP contribution in [0.2, 0.25) is 0 Å². The fourth-order valence-corrected chi connectivity index (χ4v) is 3.22. The van der Waals surface area contributed by atoms with Gasteiger partial charge in [-0.2, -0.15) is 0 Å². The SMILES string of the molecule is Cc1cc[n+](CCCCCCCCC[n+]2ccc(C)c(C)c2)cc1C.[Br-].[Br-]. The maximum absolute atomic E-state index is 2.34. The monoisotopic (exact) mass is 498 g/mol. The standard InChI is InChI=1S/C23H36N2.2BrH/c1-20-12-16-24(18-22(20)3)14-10-8-6-5-7-9-11-15-25-17-13-21(2)23(4)19-25;;/h12-13,16-19H,5-11,14-15H2,1-4H3;2*1H/q+2;;/p-2. The van der Waals surface area contributed by atoms with Gasteiger partial charge in [-0.05, 0) is 51.7 Å². The van der Waals surface area contributed by atoms with E-state index in [0.717, 1.165) is 13.1 Å². The van der Waals surface area contributed by atoms with Crippen LogP contribution in [0.5, 0.6) is 0 Å². The number of rotatable bonds is 10. The van der Waals surface area contributed by atoms with Crippen LogP contribution in [0.25, 0.3) is 0 Å². The molecule has 0 saturated heterocycles. The molecule has 152 valence electrons. The van der Waals surface area contributed by atoms with Crippen molar-refractivity contribution in [1.29, 1.82) is 0 Å². The highest BCUT2D eigenvalue weighted by Crippen LogP contribution is 2.08. The molecule has 0 unspecified atom stereocenters. The average molecular weight is 500 g/mol. The Balaban J connectivity index is 0.00000338. The first-order valence-electron chi connectivity index (χ1n) is 9.99. The third kappa shape index (κ3) is 9.84. The van der Waals surface area contributed by atoms with E-state index < -0.39 is 0 Å². The molecule has 0 aliphatic heterocycles. The summed E-state index contributed by atoms with van der Waals surface area (Å²) in [4.78, 5) is 0. The van der Waals surface area contributed by atoms with Crippen LogP contribution in [-0.4, -0.2) is 0 Å². The van der Waals surface area contributed by atoms with Crippen molar-refractivity contribution in [2.24, 2.45) is 0 Å². The lowest BCUT2D eigenvalue weighted by Crippen LogP contribution is -3.00. The quantitative estimate of drug-likeness (QED) is 0.290. The highest BCUT2D eigenvalue weighted by Gasteiger charge is 2.04. The summed E-state index contributed by atoms with van der Waals surface area (Å²) in [7, 11) is 0. The number of pyridine rings is 2. The van der Waals surface area contributed by atoms with E-state index in [2.05, 4.69) is 73.7 Å². The Morgan fingerprint density at radius 2 is 0.852 bits per heavy atom. The second-order valence-electron chi connectivity index (χ2n) is 7.57. The average Bonchev–Trinajstić information content (AvgIpc) is 2.59. The molecule has 0 amide bonds. The highest BCUT2D eigenvalue weighted by atomic mass is 79.9. The maximum atomic E-state index is 2.34. The summed E-state index contributed by atoms with van der Waals surface area (Å²) >= 11 is 0. The number of hydrogen-bond donors (Lipinski definition) is 0. The van der Waals surface area contributed by atoms with E-state index in [4.69, 9.17) is 0 Å². The Hall–Kier alpha value is -0.740. The molecular formula is C23H36Br2N2. The van der Waals surface area contributed by atoms with Gasteiger partial charge < -0.3 is 34.0 Å². The summed E-state index contributed by atoms with van der Waals surface area (Å²) in [5.74, 6) is 0. The van der Waals surface area contributed by atoms with Crippen molar-refractivity contribution >= 4 is 0 Å². The molecule has 2 nitrogen and oxygen atoms in total. The molecule has 0 aliphatic carbocycles. The summed E-state index contributed by atoms with van der Waals surface area (Å²) in [6.45, 7) is 11.1. The third-order valence-corrected chi connectivity index (χ3v) is 5.33. The third-order valence-electron chi connectivity index (χ3n) is 5.33. The predicted molar refractivity (Wildman–Crippen MR) is 105 cm³/mol. The molecule has 0 bridgehead atoms. The van der Waals surface area contributed by atoms with Gasteiger partial charge in [0.15, 0.2) is 24.8 Å². The van der Waals surface area contributed by atoms with E-state index in [1.165, 1.54) is 67.2 Å². The minimum atomic E-state index is 0. The summed E-state index contributed by atoms with van der Waals surface area (Å²) in [5.41, 5.74) is 5.55. The van der Waals surface area contributed by atoms with E-state index in [0.29, 0.717) is 0 Å². The fourth-order valence-electron chi connectivity index (χ4n) is 3.22. The van der Waals surface area contributed by atoms with Crippen molar-refractivity contribution in [3.05, 3.63) is 59.2 Å². The van der Waals surface area contributed by atoms with Crippen LogP contribution in [0.15, 0.2) is 36.9 Å². The lowest BCUT2D eigenvalue weighted by Gasteiger charge is -2.03. The van der Waals surface area contributed by atoms with E-state index in [-0.39, 0.29) is 34.0 Å². The Morgan fingerprint density at radius 3 is 1.19 bits per heavy atom. The van der Waals surface area contributed by atoms with Crippen LogP contribution >= 0.6 is 0 Å². The second kappa shape index (κ2) is 14.3. The molecule has 0 aromatic carbocycles. The zero-order valence-electron chi connectivity index (χ0n) is 17.5. The normalized spacial score (nSPS) is 10.2. The first-order chi connectivity index (χ1) is 12.1. The van der Waals surface area contributed by atoms with E-state index in [1.54, 1.807) is 0 Å². The largest absolute Gasteiger partial charge is 1.00 e. The first kappa shape index (κ1) is 26.3. The molecule has 2 aromatic rings. The van der Waals surface area contributed by atoms with E-state index in [1.807, 2.05) is 0 Å². The molecule has 0 fully saturated rings. The Bertz CT molecular complexity index is 614. The number of aromatic nitrogens is 2. The van der Waals surface area contributed by atoms with Crippen molar-refractivity contribution < 1.29 is 43.1 Å². The molecule has 0 spiro atoms. The molecule has 0 atom stereocenters. The van der Waals surface area contributed by atoms with Crippen molar-refractivity contribution in [2.75, 3.05) is 0 Å². The molecule has 27 heavy (non-hydrogen) atoms. The molecule has 2 heterocycles. The van der Waals surface area contributed by atoms with Crippen LogP contribution in [0.3, 0.4) is 0 Å². The zero-order chi connectivity index (χ0) is 18.1. The maximum Gasteiger partial charge on any atom is 0.171 e. The summed E-state index contributed by atoms with van der Waals surface area (Å²) in [6, 6.07) is 4.45. The summed E-state index contributed by atoms with van der Waals surface area (Å²) < 4.78 is 4.67. The van der Waals surface area contributed by atoms with Crippen LogP contribution in [0.4, 0.5) is 0 Å². The van der Waals surface area contributed by atoms with Crippen LogP contribution in [0.1, 0.15) is 67.2 Å². The van der Waals surface area contributed by atoms with Gasteiger partial charge >= 0.3 is 0 Å². The van der Waals surface area contributed by atoms with Gasteiger partial charge in [0.25, 0.3) is 0 Å². The smallest absolute Gasteiger partial charge is 0.171 e. The Labute approximate surface area is 187 Å². The molecule has 0 radical (unpaired) electrons. The van der Waals surface area contributed by atoms with Crippen molar-refractivity contribution in [3.8, 4) is 0 Å². The van der Waals surface area contributed by atoms with Gasteiger partial charge in [0.2, 0.25) is 0 Å². The molecule has 2 rings (SSSR count). The van der Waals surface area contributed by atoms with Gasteiger partial charge in [-0.25, -0.2) is 9.13 Å². The topological polar surface area (TPSA) is 7.76 Å². The molecule has 4 heteroatoms. The van der Waals surface area contributed by atoms with Crippen LogP contribution in [0, 0.1) is 27.7 Å². The minimum absolute atomic E-state index is 0. The van der Waals surface area contributed by atoms with Gasteiger partial charge in [-0.3, -0.25) is 0 Å². The van der Waals surface area contributed by atoms with E-state index in [9.17, 15) is 0 Å². The van der Waals surface area contributed by atoms with Crippen molar-refractivity contribution in [1.82, 2.24) is 0 Å². The first-order valence-corrected chi connectivity index (χ1v) is 9.99. The lowest BCUT2D eigenvalue weighted by atomic mass is 10.1. The van der Waals surface area contributed by atoms with Gasteiger partial charge in [0.05, 0.1) is 0 Å². The predicted octanol–water partition coefficient (Wildman–Crippen LogP) is -1.07. The lowest BCUT2D eigenvalue weighted by molar-refractivity contribution is -0.697. The number of hydrogen-bond acceptors (Lipinski definition) is 0. The van der Waals surface area contributed by atoms with Gasteiger partial charge in [0, 0.05) is 36.1 Å². The number of aryl methyl sites for hydroxylation is 6. The number of nitrogens with zero attached hydrogens (tertiary/aromatic N) is 2. The molecule has 0 saturated carbocycles. The Kier molecular flexibility index (Phi) is 13.9. The van der Waals surface area contributed by atoms with Gasteiger partial charge in [0.1, 0.15) is 13.1 Å². The minimum Gasteiger partial charge on any atom is -1.00 e. The van der Waals surface area contributed by atoms with Gasteiger partial charge in [-0.1, -0.05) is 19.3 Å². The molecule has 2 aromatic heterocycles. The number of unbranched alkanes of at least 4 members (excludes halogenated alkanes) is 6. The van der Waals surface area contributed by atoms with Gasteiger partial charge in [-0.15, -0.1) is 0 Å². The summed E-state index contributed by atoms with van der Waals surface area (Å²) in [5, 5.41) is 0. The van der Waals surface area contributed by atoms with Crippen LogP contribution < -0.4 is 43.1 Å². The number of halogens is 2. The van der Waals surface area contributed by atoms with Crippen molar-refractivity contribution in [3.63, 3.8) is 0 Å². The van der Waals surface area contributed by atoms with Crippen LogP contribution in [-0.2, 0) is 13.1 Å². The zero-order valence-corrected chi connectivity index (χ0v) is 20.7. The van der Waals surface area contributed by atoms with Crippen molar-refractivity contribution in [2.45, 2.75) is 85.7 Å². The second-order valence-corrected chi connectivity index (χ2v) is 7.57. The molecular weight excluding hydrogens is 464 g/mol. The summed E-state index contributed by atoms with van der Waals surface area (Å²) in [6.07, 6.45) is 18.4. The molecule has 0 aliphatic rings.